The van der Waals surface area contributed by atoms with Gasteiger partial charge in [-0.25, -0.2) is 8.42 Å². The Labute approximate surface area is 130 Å². The Kier molecular flexibility index (Phi) is 5.48. The van der Waals surface area contributed by atoms with E-state index in [-0.39, 0.29) is 23.3 Å². The highest BCUT2D eigenvalue weighted by Crippen LogP contribution is 2.32. The van der Waals surface area contributed by atoms with Gasteiger partial charge in [-0.2, -0.15) is 4.31 Å². The minimum Gasteiger partial charge on any atom is -0.495 e. The average molecular weight is 334 g/mol. The van der Waals surface area contributed by atoms with Crippen LogP contribution >= 0.6 is 11.6 Å². The van der Waals surface area contributed by atoms with Crippen molar-refractivity contribution in [2.45, 2.75) is 36.6 Å². The summed E-state index contributed by atoms with van der Waals surface area (Å²) in [5.41, 5.74) is 0. The van der Waals surface area contributed by atoms with Gasteiger partial charge in [0.25, 0.3) is 0 Å². The number of methoxy groups -OCH3 is 1. The molecule has 118 valence electrons. The highest BCUT2D eigenvalue weighted by Gasteiger charge is 2.34. The number of ether oxygens (including phenoxy) is 1. The van der Waals surface area contributed by atoms with Gasteiger partial charge in [0.2, 0.25) is 10.0 Å². The van der Waals surface area contributed by atoms with Crippen LogP contribution in [0.2, 0.25) is 5.02 Å². The third kappa shape index (κ3) is 3.51. The Morgan fingerprint density at radius 3 is 2.81 bits per heavy atom. The molecule has 1 saturated heterocycles. The number of aliphatic hydroxyl groups is 1. The van der Waals surface area contributed by atoms with Gasteiger partial charge in [0.1, 0.15) is 10.6 Å². The van der Waals surface area contributed by atoms with Gasteiger partial charge in [0.05, 0.1) is 13.7 Å². The van der Waals surface area contributed by atoms with Gasteiger partial charge in [0, 0.05) is 23.7 Å². The van der Waals surface area contributed by atoms with Crippen molar-refractivity contribution in [3.8, 4) is 5.75 Å². The molecule has 5 nitrogen and oxygen atoms in total. The van der Waals surface area contributed by atoms with Crippen LogP contribution in [0.25, 0.3) is 0 Å². The number of halogens is 1. The summed E-state index contributed by atoms with van der Waals surface area (Å²) in [6, 6.07) is 4.09. The van der Waals surface area contributed by atoms with Gasteiger partial charge in [-0.3, -0.25) is 0 Å². The Balaban J connectivity index is 2.44. The first-order chi connectivity index (χ1) is 10.0. The smallest absolute Gasteiger partial charge is 0.247 e. The van der Waals surface area contributed by atoms with Crippen molar-refractivity contribution in [2.24, 2.45) is 0 Å². The second kappa shape index (κ2) is 6.96. The Hall–Kier alpha value is -0.820. The Morgan fingerprint density at radius 2 is 2.14 bits per heavy atom. The molecule has 0 amide bonds. The maximum Gasteiger partial charge on any atom is 0.247 e. The van der Waals surface area contributed by atoms with Crippen LogP contribution in [0.5, 0.6) is 5.75 Å². The molecule has 1 fully saturated rings. The van der Waals surface area contributed by atoms with E-state index in [9.17, 15) is 13.5 Å². The first-order valence-corrected chi connectivity index (χ1v) is 8.78. The molecule has 7 heteroatoms. The SMILES string of the molecule is COc1cc(Cl)ccc1S(=O)(=O)N1CCCCCC1CO. The molecule has 1 aromatic carbocycles. The van der Waals surface area contributed by atoms with E-state index in [1.807, 2.05) is 0 Å². The number of rotatable bonds is 4. The van der Waals surface area contributed by atoms with Gasteiger partial charge in [0.15, 0.2) is 0 Å². The van der Waals surface area contributed by atoms with E-state index in [1.165, 1.54) is 29.6 Å². The summed E-state index contributed by atoms with van der Waals surface area (Å²) in [7, 11) is -2.30. The van der Waals surface area contributed by atoms with E-state index in [4.69, 9.17) is 16.3 Å². The first kappa shape index (κ1) is 16.5. The lowest BCUT2D eigenvalue weighted by Crippen LogP contribution is -2.42. The molecule has 0 aliphatic carbocycles. The molecule has 1 heterocycles. The molecule has 0 spiro atoms. The zero-order chi connectivity index (χ0) is 15.5. The molecule has 0 aromatic heterocycles. The summed E-state index contributed by atoms with van der Waals surface area (Å²) >= 11 is 5.89. The van der Waals surface area contributed by atoms with Gasteiger partial charge in [-0.05, 0) is 25.0 Å². The minimum absolute atomic E-state index is 0.0924. The van der Waals surface area contributed by atoms with Crippen molar-refractivity contribution in [3.63, 3.8) is 0 Å². The maximum atomic E-state index is 12.9. The van der Waals surface area contributed by atoms with E-state index in [2.05, 4.69) is 0 Å². The van der Waals surface area contributed by atoms with Crippen molar-refractivity contribution in [1.29, 1.82) is 0 Å². The number of aliphatic hydroxyl groups excluding tert-OH is 1. The average Bonchev–Trinajstić information content (AvgIpc) is 2.72. The van der Waals surface area contributed by atoms with E-state index in [0.29, 0.717) is 18.0 Å². The fourth-order valence-corrected chi connectivity index (χ4v) is 4.62. The molecule has 1 aromatic rings. The van der Waals surface area contributed by atoms with E-state index >= 15 is 0 Å². The summed E-state index contributed by atoms with van der Waals surface area (Å²) in [6.45, 7) is 0.245. The molecule has 0 bridgehead atoms. The summed E-state index contributed by atoms with van der Waals surface area (Å²) in [5, 5.41) is 9.93. The predicted octanol–water partition coefficient (Wildman–Crippen LogP) is 2.27. The summed E-state index contributed by atoms with van der Waals surface area (Å²) < 4.78 is 32.3. The number of hydrogen-bond donors (Lipinski definition) is 1. The lowest BCUT2D eigenvalue weighted by molar-refractivity contribution is 0.186. The molecular formula is C14H20ClNO4S. The lowest BCUT2D eigenvalue weighted by Gasteiger charge is -2.28. The summed E-state index contributed by atoms with van der Waals surface area (Å²) in [5.74, 6) is 0.225. The topological polar surface area (TPSA) is 66.8 Å². The Morgan fingerprint density at radius 1 is 1.38 bits per heavy atom. The van der Waals surface area contributed by atoms with Crippen molar-refractivity contribution in [3.05, 3.63) is 23.2 Å². The molecule has 1 aliphatic rings. The van der Waals surface area contributed by atoms with Crippen molar-refractivity contribution in [1.82, 2.24) is 4.31 Å². The molecular weight excluding hydrogens is 314 g/mol. The molecule has 0 saturated carbocycles. The van der Waals surface area contributed by atoms with Crippen LogP contribution in [-0.4, -0.2) is 44.1 Å². The van der Waals surface area contributed by atoms with Crippen molar-refractivity contribution in [2.75, 3.05) is 20.3 Å². The summed E-state index contributed by atoms with van der Waals surface area (Å²) in [4.78, 5) is 0.0924. The monoisotopic (exact) mass is 333 g/mol. The lowest BCUT2D eigenvalue weighted by atomic mass is 10.1. The van der Waals surface area contributed by atoms with Crippen LogP contribution in [-0.2, 0) is 10.0 Å². The van der Waals surface area contributed by atoms with Gasteiger partial charge >= 0.3 is 0 Å². The largest absolute Gasteiger partial charge is 0.495 e. The second-order valence-electron chi connectivity index (χ2n) is 5.10. The third-order valence-corrected chi connectivity index (χ3v) is 5.97. The highest BCUT2D eigenvalue weighted by atomic mass is 35.5. The van der Waals surface area contributed by atoms with Gasteiger partial charge in [-0.15, -0.1) is 0 Å². The fourth-order valence-electron chi connectivity index (χ4n) is 2.63. The van der Waals surface area contributed by atoms with Crippen LogP contribution in [0, 0.1) is 0 Å². The number of benzene rings is 1. The van der Waals surface area contributed by atoms with Gasteiger partial charge < -0.3 is 9.84 Å². The van der Waals surface area contributed by atoms with Crippen molar-refractivity contribution >= 4 is 21.6 Å². The maximum absolute atomic E-state index is 12.9. The molecule has 0 radical (unpaired) electrons. The van der Waals surface area contributed by atoms with Crippen LogP contribution in [0.15, 0.2) is 23.1 Å². The Bertz CT molecular complexity index is 591. The summed E-state index contributed by atoms with van der Waals surface area (Å²) in [6.07, 6.45) is 3.37. The van der Waals surface area contributed by atoms with E-state index < -0.39 is 10.0 Å². The molecule has 1 atom stereocenters. The molecule has 21 heavy (non-hydrogen) atoms. The molecule has 2 rings (SSSR count). The molecule has 1 unspecified atom stereocenters. The zero-order valence-electron chi connectivity index (χ0n) is 12.0. The minimum atomic E-state index is -3.72. The molecule has 1 N–H and O–H groups in total. The standard InChI is InChI=1S/C14H20ClNO4S/c1-20-13-9-11(15)6-7-14(13)21(18,19)16-8-4-2-3-5-12(16)10-17/h6-7,9,12,17H,2-5,8,10H2,1H3. The zero-order valence-corrected chi connectivity index (χ0v) is 13.5. The van der Waals surface area contributed by atoms with Crippen LogP contribution < -0.4 is 4.74 Å². The number of sulfonamides is 1. The second-order valence-corrected chi connectivity index (χ2v) is 7.39. The molecule has 1 aliphatic heterocycles. The van der Waals surface area contributed by atoms with Crippen LogP contribution in [0.1, 0.15) is 25.7 Å². The fraction of sp³-hybridized carbons (Fsp3) is 0.571. The first-order valence-electron chi connectivity index (χ1n) is 6.97. The van der Waals surface area contributed by atoms with Gasteiger partial charge in [-0.1, -0.05) is 24.4 Å². The number of nitrogens with zero attached hydrogens (tertiary/aromatic N) is 1. The van der Waals surface area contributed by atoms with Crippen molar-refractivity contribution < 1.29 is 18.3 Å². The highest BCUT2D eigenvalue weighted by molar-refractivity contribution is 7.89. The third-order valence-electron chi connectivity index (χ3n) is 3.75. The quantitative estimate of drug-likeness (QED) is 0.918. The van der Waals surface area contributed by atoms with Crippen LogP contribution in [0.4, 0.5) is 0 Å². The van der Waals surface area contributed by atoms with E-state index in [0.717, 1.165) is 19.3 Å². The normalized spacial score (nSPS) is 21.0. The number of hydrogen-bond acceptors (Lipinski definition) is 4. The van der Waals surface area contributed by atoms with Crippen LogP contribution in [0.3, 0.4) is 0 Å². The predicted molar refractivity (Wildman–Crippen MR) is 81.2 cm³/mol. The van der Waals surface area contributed by atoms with E-state index in [1.54, 1.807) is 0 Å².